The highest BCUT2D eigenvalue weighted by molar-refractivity contribution is 9.10. The van der Waals surface area contributed by atoms with E-state index < -0.39 is 10.8 Å². The minimum atomic E-state index is -0.498. The van der Waals surface area contributed by atoms with Gasteiger partial charge in [-0.05, 0) is 31.5 Å². The van der Waals surface area contributed by atoms with Gasteiger partial charge in [-0.2, -0.15) is 5.10 Å². The summed E-state index contributed by atoms with van der Waals surface area (Å²) in [5.74, 6) is -0.741. The quantitative estimate of drug-likeness (QED) is 0.601. The van der Waals surface area contributed by atoms with Gasteiger partial charge in [0.15, 0.2) is 0 Å². The topological polar surface area (TPSA) is 78.0 Å². The SMILES string of the molecule is Cc1cc(C)n(C(=O)CC(C[N+](=O)[O-])c2ccccc2Br)n1. The third-order valence-corrected chi connectivity index (χ3v) is 4.10. The average Bonchev–Trinajstić information content (AvgIpc) is 2.77. The summed E-state index contributed by atoms with van der Waals surface area (Å²) < 4.78 is 2.09. The molecule has 0 spiro atoms. The van der Waals surface area contributed by atoms with Crippen LogP contribution in [0.25, 0.3) is 0 Å². The van der Waals surface area contributed by atoms with Crippen molar-refractivity contribution in [2.24, 2.45) is 0 Å². The first-order valence-electron chi connectivity index (χ1n) is 6.81. The lowest BCUT2D eigenvalue weighted by atomic mass is 9.95. The van der Waals surface area contributed by atoms with Gasteiger partial charge < -0.3 is 0 Å². The number of hydrogen-bond acceptors (Lipinski definition) is 4. The molecular formula is C15H16BrN3O3. The summed E-state index contributed by atoms with van der Waals surface area (Å²) in [5, 5.41) is 15.1. The fourth-order valence-corrected chi connectivity index (χ4v) is 3.05. The molecule has 116 valence electrons. The summed E-state index contributed by atoms with van der Waals surface area (Å²) in [6, 6.07) is 9.06. The Kier molecular flexibility index (Phi) is 5.07. The molecule has 0 saturated heterocycles. The van der Waals surface area contributed by atoms with Gasteiger partial charge in [-0.3, -0.25) is 14.9 Å². The molecule has 0 N–H and O–H groups in total. The van der Waals surface area contributed by atoms with Gasteiger partial charge in [0.05, 0.1) is 11.6 Å². The maximum Gasteiger partial charge on any atom is 0.247 e. The predicted molar refractivity (Wildman–Crippen MR) is 85.7 cm³/mol. The van der Waals surface area contributed by atoms with Crippen LogP contribution in [0.3, 0.4) is 0 Å². The minimum Gasteiger partial charge on any atom is -0.273 e. The van der Waals surface area contributed by atoms with E-state index >= 15 is 0 Å². The molecule has 6 nitrogen and oxygen atoms in total. The van der Waals surface area contributed by atoms with Gasteiger partial charge in [0.2, 0.25) is 12.5 Å². The second-order valence-electron chi connectivity index (χ2n) is 5.17. The Morgan fingerprint density at radius 2 is 2.09 bits per heavy atom. The van der Waals surface area contributed by atoms with Crippen molar-refractivity contribution in [2.45, 2.75) is 26.2 Å². The molecule has 0 aliphatic heterocycles. The fourth-order valence-electron chi connectivity index (χ4n) is 2.44. The summed E-state index contributed by atoms with van der Waals surface area (Å²) in [4.78, 5) is 23.0. The van der Waals surface area contributed by atoms with Gasteiger partial charge in [0.25, 0.3) is 0 Å². The van der Waals surface area contributed by atoms with E-state index in [2.05, 4.69) is 21.0 Å². The van der Waals surface area contributed by atoms with Crippen LogP contribution in [0, 0.1) is 24.0 Å². The van der Waals surface area contributed by atoms with E-state index in [0.717, 1.165) is 21.4 Å². The van der Waals surface area contributed by atoms with Crippen molar-refractivity contribution in [1.29, 1.82) is 0 Å². The third-order valence-electron chi connectivity index (χ3n) is 3.38. The molecule has 7 heteroatoms. The molecule has 0 radical (unpaired) electrons. The Labute approximate surface area is 136 Å². The molecular weight excluding hydrogens is 350 g/mol. The molecule has 1 aromatic carbocycles. The van der Waals surface area contributed by atoms with Crippen LogP contribution in [-0.4, -0.2) is 27.2 Å². The average molecular weight is 366 g/mol. The molecule has 2 aromatic rings. The molecule has 0 saturated carbocycles. The minimum absolute atomic E-state index is 0.0333. The van der Waals surface area contributed by atoms with Crippen molar-refractivity contribution in [3.63, 3.8) is 0 Å². The summed E-state index contributed by atoms with van der Waals surface area (Å²) in [7, 11) is 0. The lowest BCUT2D eigenvalue weighted by Crippen LogP contribution is -2.22. The molecule has 0 fully saturated rings. The lowest BCUT2D eigenvalue weighted by Gasteiger charge is -2.14. The number of halogens is 1. The van der Waals surface area contributed by atoms with Crippen LogP contribution in [0.2, 0.25) is 0 Å². The van der Waals surface area contributed by atoms with Gasteiger partial charge in [-0.15, -0.1) is 0 Å². The molecule has 0 aliphatic carbocycles. The number of aromatic nitrogens is 2. The molecule has 1 unspecified atom stereocenters. The Morgan fingerprint density at radius 3 is 2.64 bits per heavy atom. The van der Waals surface area contributed by atoms with Crippen molar-refractivity contribution in [2.75, 3.05) is 6.54 Å². The normalized spacial score (nSPS) is 12.1. The number of nitro groups is 1. The van der Waals surface area contributed by atoms with Crippen molar-refractivity contribution in [3.05, 3.63) is 61.9 Å². The Hall–Kier alpha value is -2.02. The Morgan fingerprint density at radius 1 is 1.41 bits per heavy atom. The van der Waals surface area contributed by atoms with Gasteiger partial charge in [0.1, 0.15) is 0 Å². The van der Waals surface area contributed by atoms with Crippen molar-refractivity contribution in [1.82, 2.24) is 9.78 Å². The van der Waals surface area contributed by atoms with E-state index in [1.807, 2.05) is 12.1 Å². The van der Waals surface area contributed by atoms with E-state index in [0.29, 0.717) is 0 Å². The van der Waals surface area contributed by atoms with Crippen LogP contribution in [0.1, 0.15) is 34.1 Å². The summed E-state index contributed by atoms with van der Waals surface area (Å²) in [5.41, 5.74) is 2.24. The van der Waals surface area contributed by atoms with Crippen LogP contribution in [0.4, 0.5) is 0 Å². The van der Waals surface area contributed by atoms with E-state index in [-0.39, 0.29) is 18.9 Å². The molecule has 0 amide bonds. The number of carbonyl (C=O) groups is 1. The zero-order chi connectivity index (χ0) is 16.3. The summed E-state index contributed by atoms with van der Waals surface area (Å²) in [6.07, 6.45) is 0.0333. The maximum atomic E-state index is 12.4. The first-order valence-corrected chi connectivity index (χ1v) is 7.60. The van der Waals surface area contributed by atoms with E-state index in [1.165, 1.54) is 4.68 Å². The van der Waals surface area contributed by atoms with Crippen molar-refractivity contribution in [3.8, 4) is 0 Å². The van der Waals surface area contributed by atoms with Gasteiger partial charge in [-0.25, -0.2) is 4.68 Å². The summed E-state index contributed by atoms with van der Waals surface area (Å²) in [6.45, 7) is 3.30. The molecule has 0 aliphatic rings. The fraction of sp³-hybridized carbons (Fsp3) is 0.333. The number of nitrogens with zero attached hydrogens (tertiary/aromatic N) is 3. The zero-order valence-corrected chi connectivity index (χ0v) is 13.9. The first kappa shape index (κ1) is 16.4. The highest BCUT2D eigenvalue weighted by Gasteiger charge is 2.25. The molecule has 1 aromatic heterocycles. The third kappa shape index (κ3) is 3.79. The van der Waals surface area contributed by atoms with Gasteiger partial charge in [0, 0.05) is 21.5 Å². The lowest BCUT2D eigenvalue weighted by molar-refractivity contribution is -0.483. The van der Waals surface area contributed by atoms with E-state index in [1.54, 1.807) is 32.0 Å². The largest absolute Gasteiger partial charge is 0.273 e. The molecule has 0 bridgehead atoms. The van der Waals surface area contributed by atoms with Crippen molar-refractivity contribution < 1.29 is 9.72 Å². The number of rotatable bonds is 5. The van der Waals surface area contributed by atoms with Crippen LogP contribution < -0.4 is 0 Å². The van der Waals surface area contributed by atoms with E-state index in [4.69, 9.17) is 0 Å². The van der Waals surface area contributed by atoms with Crippen LogP contribution in [-0.2, 0) is 0 Å². The second-order valence-corrected chi connectivity index (χ2v) is 6.02. The summed E-state index contributed by atoms with van der Waals surface area (Å²) >= 11 is 3.40. The second kappa shape index (κ2) is 6.83. The van der Waals surface area contributed by atoms with Crippen LogP contribution in [0.15, 0.2) is 34.8 Å². The van der Waals surface area contributed by atoms with Crippen molar-refractivity contribution >= 4 is 21.8 Å². The maximum absolute atomic E-state index is 12.4. The molecule has 22 heavy (non-hydrogen) atoms. The Bertz CT molecular complexity index is 712. The standard InChI is InChI=1S/C15H16BrN3O3/c1-10-7-11(2)19(17-10)15(20)8-12(9-18(21)22)13-5-3-4-6-14(13)16/h3-7,12H,8-9H2,1-2H3. The number of hydrogen-bond donors (Lipinski definition) is 0. The van der Waals surface area contributed by atoms with Gasteiger partial charge >= 0.3 is 0 Å². The number of carbonyl (C=O) groups excluding carboxylic acids is 1. The molecule has 1 heterocycles. The van der Waals surface area contributed by atoms with Crippen LogP contribution >= 0.6 is 15.9 Å². The predicted octanol–water partition coefficient (Wildman–Crippen LogP) is 3.35. The van der Waals surface area contributed by atoms with Gasteiger partial charge in [-0.1, -0.05) is 34.1 Å². The molecule has 2 rings (SSSR count). The highest BCUT2D eigenvalue weighted by atomic mass is 79.9. The van der Waals surface area contributed by atoms with E-state index in [9.17, 15) is 14.9 Å². The molecule has 1 atom stereocenters. The smallest absolute Gasteiger partial charge is 0.247 e. The van der Waals surface area contributed by atoms with Crippen LogP contribution in [0.5, 0.6) is 0 Å². The first-order chi connectivity index (χ1) is 10.4. The Balaban J connectivity index is 2.27. The highest BCUT2D eigenvalue weighted by Crippen LogP contribution is 2.28. The zero-order valence-electron chi connectivity index (χ0n) is 12.3. The number of benzene rings is 1. The monoisotopic (exact) mass is 365 g/mol. The number of aryl methyl sites for hydroxylation is 2.